The van der Waals surface area contributed by atoms with Gasteiger partial charge in [-0.1, -0.05) is 13.2 Å². The molecule has 0 radical (unpaired) electrons. The zero-order valence-electron chi connectivity index (χ0n) is 13.4. The number of aliphatic hydroxyl groups excluding tert-OH is 2. The van der Waals surface area contributed by atoms with E-state index in [-0.39, 0.29) is 30.6 Å². The fraction of sp³-hybridized carbons (Fsp3) is 0.615. The first kappa shape index (κ1) is 19.4. The van der Waals surface area contributed by atoms with Crippen molar-refractivity contribution >= 4 is 15.9 Å². The third-order valence-corrected chi connectivity index (χ3v) is 4.26. The molecule has 0 amide bonds. The molecule has 0 aromatic carbocycles. The number of morpholine rings is 1. The van der Waals surface area contributed by atoms with Crippen LogP contribution in [0.2, 0.25) is 0 Å². The van der Waals surface area contributed by atoms with Crippen molar-refractivity contribution in [2.75, 3.05) is 26.5 Å². The minimum atomic E-state index is -3.65. The Morgan fingerprint density at radius 3 is 2.74 bits per heavy atom. The predicted molar refractivity (Wildman–Crippen MR) is 84.8 cm³/mol. The average Bonchev–Trinajstić information content (AvgIpc) is 2.46. The lowest BCUT2D eigenvalue weighted by atomic mass is 10.3. The van der Waals surface area contributed by atoms with Gasteiger partial charge in [-0.2, -0.15) is 0 Å². The van der Waals surface area contributed by atoms with Crippen LogP contribution in [-0.4, -0.2) is 73.7 Å². The van der Waals surface area contributed by atoms with Gasteiger partial charge in [0.2, 0.25) is 10.0 Å². The zero-order chi connectivity index (χ0) is 17.8. The standard InChI is InChI=1S/C13H23N3O6S/c1-8-12(14-10(3)15-13(18)9(2)21-4)16(23(5,19)20)6-11(7-17)22-8/h9,11,13,15,17-18H,1,3,6-7H2,2,4-5H3/t9-,11-,13?/m1/s1. The monoisotopic (exact) mass is 349 g/mol. The van der Waals surface area contributed by atoms with Crippen molar-refractivity contribution in [3.05, 3.63) is 24.7 Å². The van der Waals surface area contributed by atoms with E-state index in [2.05, 4.69) is 23.5 Å². The predicted octanol–water partition coefficient (Wildman–Crippen LogP) is -1.03. The molecule has 1 rings (SSSR count). The minimum absolute atomic E-state index is 0.0113. The van der Waals surface area contributed by atoms with Crippen LogP contribution in [0.3, 0.4) is 0 Å². The second kappa shape index (κ2) is 7.77. The van der Waals surface area contributed by atoms with Crippen molar-refractivity contribution < 1.29 is 28.1 Å². The van der Waals surface area contributed by atoms with Crippen LogP contribution in [0, 0.1) is 0 Å². The van der Waals surface area contributed by atoms with Crippen LogP contribution in [-0.2, 0) is 19.5 Å². The lowest BCUT2D eigenvalue weighted by Gasteiger charge is -2.34. The molecule has 1 aliphatic heterocycles. The van der Waals surface area contributed by atoms with Crippen molar-refractivity contribution in [1.82, 2.24) is 9.62 Å². The smallest absolute Gasteiger partial charge is 0.233 e. The summed E-state index contributed by atoms with van der Waals surface area (Å²) in [4.78, 5) is 4.03. The Bertz CT molecular complexity index is 589. The maximum Gasteiger partial charge on any atom is 0.233 e. The lowest BCUT2D eigenvalue weighted by Crippen LogP contribution is -2.49. The largest absolute Gasteiger partial charge is 0.483 e. The van der Waals surface area contributed by atoms with E-state index in [0.717, 1.165) is 10.6 Å². The first-order chi connectivity index (χ1) is 10.6. The van der Waals surface area contributed by atoms with Gasteiger partial charge in [0.15, 0.2) is 17.8 Å². The highest BCUT2D eigenvalue weighted by atomic mass is 32.2. The Balaban J connectivity index is 3.01. The third kappa shape index (κ3) is 5.20. The number of aliphatic imine (C=N–C) groups is 1. The van der Waals surface area contributed by atoms with Crippen LogP contribution in [0.15, 0.2) is 29.7 Å². The molecule has 1 saturated heterocycles. The van der Waals surface area contributed by atoms with Gasteiger partial charge in [-0.25, -0.2) is 17.7 Å². The number of nitrogens with one attached hydrogen (secondary N) is 1. The second-order valence-electron chi connectivity index (χ2n) is 5.05. The van der Waals surface area contributed by atoms with E-state index in [1.807, 2.05) is 0 Å². The highest BCUT2D eigenvalue weighted by Crippen LogP contribution is 2.19. The summed E-state index contributed by atoms with van der Waals surface area (Å²) >= 11 is 0. The van der Waals surface area contributed by atoms with Gasteiger partial charge in [0, 0.05) is 7.11 Å². The normalized spacial score (nSPS) is 23.3. The number of methoxy groups -OCH3 is 1. The topological polar surface area (TPSA) is 121 Å². The van der Waals surface area contributed by atoms with Gasteiger partial charge in [0.25, 0.3) is 0 Å². The number of amidine groups is 1. The summed E-state index contributed by atoms with van der Waals surface area (Å²) < 4.78 is 35.0. The van der Waals surface area contributed by atoms with E-state index in [1.165, 1.54) is 7.11 Å². The van der Waals surface area contributed by atoms with Gasteiger partial charge in [-0.15, -0.1) is 0 Å². The van der Waals surface area contributed by atoms with Crippen molar-refractivity contribution in [1.29, 1.82) is 0 Å². The summed E-state index contributed by atoms with van der Waals surface area (Å²) in [6, 6.07) is 0. The molecular formula is C13H23N3O6S. The van der Waals surface area contributed by atoms with Crippen LogP contribution in [0.5, 0.6) is 0 Å². The second-order valence-corrected chi connectivity index (χ2v) is 6.96. The number of ether oxygens (including phenoxy) is 2. The van der Waals surface area contributed by atoms with Gasteiger partial charge < -0.3 is 25.0 Å². The molecule has 0 bridgehead atoms. The maximum atomic E-state index is 11.9. The maximum absolute atomic E-state index is 11.9. The van der Waals surface area contributed by atoms with Crippen molar-refractivity contribution in [2.24, 2.45) is 4.99 Å². The van der Waals surface area contributed by atoms with E-state index in [4.69, 9.17) is 14.6 Å². The number of hydrogen-bond donors (Lipinski definition) is 3. The lowest BCUT2D eigenvalue weighted by molar-refractivity contribution is -0.0129. The summed E-state index contributed by atoms with van der Waals surface area (Å²) in [6.07, 6.45) is -1.32. The molecule has 0 aromatic heterocycles. The first-order valence-corrected chi connectivity index (χ1v) is 8.64. The highest BCUT2D eigenvalue weighted by Gasteiger charge is 2.34. The molecule has 1 fully saturated rings. The number of rotatable bonds is 7. The third-order valence-electron chi connectivity index (χ3n) is 3.14. The van der Waals surface area contributed by atoms with E-state index < -0.39 is 28.5 Å². The van der Waals surface area contributed by atoms with Crippen LogP contribution in [0.4, 0.5) is 0 Å². The average molecular weight is 349 g/mol. The molecule has 0 spiro atoms. The molecule has 23 heavy (non-hydrogen) atoms. The fourth-order valence-corrected chi connectivity index (χ4v) is 2.68. The molecule has 0 aliphatic carbocycles. The zero-order valence-corrected chi connectivity index (χ0v) is 14.2. The molecule has 9 nitrogen and oxygen atoms in total. The van der Waals surface area contributed by atoms with Gasteiger partial charge >= 0.3 is 0 Å². The Morgan fingerprint density at radius 1 is 1.65 bits per heavy atom. The van der Waals surface area contributed by atoms with Crippen LogP contribution in [0.1, 0.15) is 6.92 Å². The van der Waals surface area contributed by atoms with Gasteiger partial charge in [-0.3, -0.25) is 0 Å². The first-order valence-electron chi connectivity index (χ1n) is 6.79. The Kier molecular flexibility index (Phi) is 6.57. The highest BCUT2D eigenvalue weighted by molar-refractivity contribution is 7.88. The van der Waals surface area contributed by atoms with Crippen molar-refractivity contribution in [3.8, 4) is 0 Å². The van der Waals surface area contributed by atoms with Crippen LogP contribution >= 0.6 is 0 Å². The number of sulfonamides is 1. The molecular weight excluding hydrogens is 326 g/mol. The van der Waals surface area contributed by atoms with E-state index in [0.29, 0.717) is 0 Å². The van der Waals surface area contributed by atoms with E-state index >= 15 is 0 Å². The molecule has 3 N–H and O–H groups in total. The quantitative estimate of drug-likeness (QED) is 0.502. The Hall–Kier alpha value is -1.62. The number of aliphatic hydroxyl groups is 2. The summed E-state index contributed by atoms with van der Waals surface area (Å²) in [5.41, 5.74) is 0. The number of nitrogens with zero attached hydrogens (tertiary/aromatic N) is 2. The van der Waals surface area contributed by atoms with Gasteiger partial charge in [-0.05, 0) is 6.92 Å². The van der Waals surface area contributed by atoms with Crippen molar-refractivity contribution in [3.63, 3.8) is 0 Å². The Labute approximate surface area is 136 Å². The number of hydrogen-bond acceptors (Lipinski definition) is 8. The molecule has 3 atom stereocenters. The summed E-state index contributed by atoms with van der Waals surface area (Å²) in [5.74, 6) is -0.0674. The van der Waals surface area contributed by atoms with Gasteiger partial charge in [0.05, 0.1) is 25.5 Å². The molecule has 1 unspecified atom stereocenters. The van der Waals surface area contributed by atoms with Crippen molar-refractivity contribution in [2.45, 2.75) is 25.4 Å². The van der Waals surface area contributed by atoms with Crippen LogP contribution in [0.25, 0.3) is 0 Å². The fourth-order valence-electron chi connectivity index (χ4n) is 1.78. The summed E-state index contributed by atoms with van der Waals surface area (Å²) in [7, 11) is -2.22. The summed E-state index contributed by atoms with van der Waals surface area (Å²) in [5, 5.41) is 21.5. The molecule has 0 saturated carbocycles. The minimum Gasteiger partial charge on any atom is -0.483 e. The molecule has 1 aliphatic rings. The molecule has 132 valence electrons. The van der Waals surface area contributed by atoms with Crippen LogP contribution < -0.4 is 5.32 Å². The van der Waals surface area contributed by atoms with E-state index in [1.54, 1.807) is 6.92 Å². The Morgan fingerprint density at radius 2 is 2.26 bits per heavy atom. The van der Waals surface area contributed by atoms with E-state index in [9.17, 15) is 13.5 Å². The molecule has 0 aromatic rings. The molecule has 10 heteroatoms. The summed E-state index contributed by atoms with van der Waals surface area (Å²) in [6.45, 7) is 8.40. The molecule has 1 heterocycles. The SMILES string of the molecule is C=C(N=C1C(=C)O[C@@H](CO)CN1S(C)(=O)=O)NC(O)[C@@H](C)OC. The van der Waals surface area contributed by atoms with Gasteiger partial charge in [0.1, 0.15) is 11.9 Å².